The lowest BCUT2D eigenvalue weighted by molar-refractivity contribution is -0.137. The van der Waals surface area contributed by atoms with Crippen LogP contribution in [0.25, 0.3) is 0 Å². The highest BCUT2D eigenvalue weighted by Crippen LogP contribution is 2.23. The predicted molar refractivity (Wildman–Crippen MR) is 81.6 cm³/mol. The Hall–Kier alpha value is -1.41. The van der Waals surface area contributed by atoms with Gasteiger partial charge in [-0.15, -0.1) is 0 Å². The van der Waals surface area contributed by atoms with Crippen molar-refractivity contribution in [1.82, 2.24) is 19.4 Å². The topological polar surface area (TPSA) is 84.3 Å². The minimum atomic E-state index is -3.32. The van der Waals surface area contributed by atoms with Gasteiger partial charge in [0.1, 0.15) is 11.3 Å². The molecule has 1 atom stereocenters. The summed E-state index contributed by atoms with van der Waals surface area (Å²) in [6.07, 6.45) is 7.38. The summed E-state index contributed by atoms with van der Waals surface area (Å²) < 4.78 is 28.9. The molecule has 1 aromatic rings. The molecule has 3 rings (SSSR count). The molecule has 8 heteroatoms. The number of likely N-dealkylation sites (tertiary alicyclic amines) is 1. The van der Waals surface area contributed by atoms with E-state index in [0.29, 0.717) is 0 Å². The Morgan fingerprint density at radius 1 is 1.32 bits per heavy atom. The molecule has 1 aliphatic carbocycles. The molecule has 7 nitrogen and oxygen atoms in total. The SMILES string of the molecule is C[C@H](C(=O)N1CC(S(=O)(=O)NC2CCCC2)C1)n1cccn1. The monoisotopic (exact) mass is 326 g/mol. The Morgan fingerprint density at radius 2 is 2.00 bits per heavy atom. The van der Waals surface area contributed by atoms with Crippen molar-refractivity contribution in [1.29, 1.82) is 0 Å². The fourth-order valence-electron chi connectivity index (χ4n) is 3.07. The van der Waals surface area contributed by atoms with Crippen LogP contribution in [0.1, 0.15) is 38.6 Å². The van der Waals surface area contributed by atoms with Crippen LogP contribution in [0.2, 0.25) is 0 Å². The molecule has 1 saturated heterocycles. The van der Waals surface area contributed by atoms with E-state index in [2.05, 4.69) is 9.82 Å². The van der Waals surface area contributed by atoms with Crippen LogP contribution in [0, 0.1) is 0 Å². The number of sulfonamides is 1. The summed E-state index contributed by atoms with van der Waals surface area (Å²) in [4.78, 5) is 13.9. The van der Waals surface area contributed by atoms with E-state index in [0.717, 1.165) is 25.7 Å². The summed E-state index contributed by atoms with van der Waals surface area (Å²) in [5.41, 5.74) is 0. The third-order valence-electron chi connectivity index (χ3n) is 4.56. The van der Waals surface area contributed by atoms with Crippen molar-refractivity contribution in [2.45, 2.75) is 49.9 Å². The van der Waals surface area contributed by atoms with Gasteiger partial charge in [0.05, 0.1) is 0 Å². The van der Waals surface area contributed by atoms with Crippen LogP contribution in [0.4, 0.5) is 0 Å². The Morgan fingerprint density at radius 3 is 2.59 bits per heavy atom. The number of carbonyl (C=O) groups is 1. The number of nitrogens with zero attached hydrogens (tertiary/aromatic N) is 3. The molecule has 1 amide bonds. The van der Waals surface area contributed by atoms with Gasteiger partial charge in [0.15, 0.2) is 0 Å². The van der Waals surface area contributed by atoms with Crippen LogP contribution in [-0.4, -0.2) is 53.4 Å². The first-order valence-corrected chi connectivity index (χ1v) is 9.31. The van der Waals surface area contributed by atoms with Crippen LogP contribution in [0.3, 0.4) is 0 Å². The van der Waals surface area contributed by atoms with Crippen molar-refractivity contribution < 1.29 is 13.2 Å². The van der Waals surface area contributed by atoms with Gasteiger partial charge in [-0.3, -0.25) is 9.48 Å². The molecule has 1 aliphatic heterocycles. The Labute approximate surface area is 130 Å². The second-order valence-electron chi connectivity index (χ2n) is 6.17. The van der Waals surface area contributed by atoms with Crippen molar-refractivity contribution in [3.05, 3.63) is 18.5 Å². The molecule has 0 spiro atoms. The van der Waals surface area contributed by atoms with Crippen LogP contribution in [0.15, 0.2) is 18.5 Å². The van der Waals surface area contributed by atoms with E-state index in [1.807, 2.05) is 0 Å². The first kappa shape index (κ1) is 15.5. The molecule has 0 unspecified atom stereocenters. The van der Waals surface area contributed by atoms with Gasteiger partial charge in [-0.2, -0.15) is 5.10 Å². The van der Waals surface area contributed by atoms with Gasteiger partial charge in [-0.1, -0.05) is 12.8 Å². The number of amides is 1. The van der Waals surface area contributed by atoms with Gasteiger partial charge in [0.2, 0.25) is 15.9 Å². The molecule has 1 saturated carbocycles. The number of rotatable bonds is 5. The van der Waals surface area contributed by atoms with Gasteiger partial charge in [0.25, 0.3) is 0 Å². The van der Waals surface area contributed by atoms with Crippen molar-refractivity contribution in [3.8, 4) is 0 Å². The third kappa shape index (κ3) is 3.03. The van der Waals surface area contributed by atoms with Crippen molar-refractivity contribution >= 4 is 15.9 Å². The van der Waals surface area contributed by atoms with E-state index >= 15 is 0 Å². The lowest BCUT2D eigenvalue weighted by Gasteiger charge is -2.40. The molecule has 2 heterocycles. The molecule has 0 bridgehead atoms. The number of aromatic nitrogens is 2. The molecule has 1 aromatic heterocycles. The van der Waals surface area contributed by atoms with Crippen LogP contribution < -0.4 is 4.72 Å². The van der Waals surface area contributed by atoms with E-state index in [4.69, 9.17) is 0 Å². The standard InChI is InChI=1S/C14H22N4O3S/c1-11(18-8-4-7-15-18)14(19)17-9-13(10-17)22(20,21)16-12-5-2-3-6-12/h4,7-8,11-13,16H,2-3,5-6,9-10H2,1H3/t11-/m1/s1. The quantitative estimate of drug-likeness (QED) is 0.855. The summed E-state index contributed by atoms with van der Waals surface area (Å²) in [5.74, 6) is -0.0870. The molecule has 2 aliphatic rings. The van der Waals surface area contributed by atoms with Gasteiger partial charge in [-0.25, -0.2) is 13.1 Å². The van der Waals surface area contributed by atoms with Gasteiger partial charge >= 0.3 is 0 Å². The van der Waals surface area contributed by atoms with Crippen molar-refractivity contribution in [2.75, 3.05) is 13.1 Å². The normalized spacial score (nSPS) is 21.8. The Balaban J connectivity index is 1.53. The first-order chi connectivity index (χ1) is 10.5. The molecule has 0 aromatic carbocycles. The highest BCUT2D eigenvalue weighted by molar-refractivity contribution is 7.90. The minimum absolute atomic E-state index is 0.0812. The summed E-state index contributed by atoms with van der Waals surface area (Å²) in [6.45, 7) is 2.31. The zero-order valence-corrected chi connectivity index (χ0v) is 13.5. The maximum Gasteiger partial charge on any atom is 0.247 e. The molecule has 0 radical (unpaired) electrons. The Bertz CT molecular complexity index is 617. The smallest absolute Gasteiger partial charge is 0.247 e. The largest absolute Gasteiger partial charge is 0.338 e. The number of nitrogens with one attached hydrogen (secondary N) is 1. The Kier molecular flexibility index (Phi) is 4.22. The van der Waals surface area contributed by atoms with Gasteiger partial charge < -0.3 is 4.90 Å². The second kappa shape index (κ2) is 6.00. The lowest BCUT2D eigenvalue weighted by atomic mass is 10.1. The van der Waals surface area contributed by atoms with E-state index in [1.54, 1.807) is 35.0 Å². The highest BCUT2D eigenvalue weighted by atomic mass is 32.2. The van der Waals surface area contributed by atoms with Crippen LogP contribution in [0.5, 0.6) is 0 Å². The summed E-state index contributed by atoms with van der Waals surface area (Å²) in [5, 5.41) is 3.57. The number of hydrogen-bond acceptors (Lipinski definition) is 4. The van der Waals surface area contributed by atoms with Gasteiger partial charge in [-0.05, 0) is 25.8 Å². The maximum absolute atomic E-state index is 12.3. The zero-order chi connectivity index (χ0) is 15.7. The minimum Gasteiger partial charge on any atom is -0.338 e. The second-order valence-corrected chi connectivity index (χ2v) is 8.16. The lowest BCUT2D eigenvalue weighted by Crippen LogP contribution is -2.61. The number of carbonyl (C=O) groups excluding carboxylic acids is 1. The van der Waals surface area contributed by atoms with E-state index in [-0.39, 0.29) is 25.0 Å². The average molecular weight is 326 g/mol. The predicted octanol–water partition coefficient (Wildman–Crippen LogP) is 0.517. The van der Waals surface area contributed by atoms with Gasteiger partial charge in [0, 0.05) is 31.5 Å². The van der Waals surface area contributed by atoms with Crippen molar-refractivity contribution in [3.63, 3.8) is 0 Å². The molecule has 22 heavy (non-hydrogen) atoms. The summed E-state index contributed by atoms with van der Waals surface area (Å²) >= 11 is 0. The fraction of sp³-hybridized carbons (Fsp3) is 0.714. The molecule has 2 fully saturated rings. The van der Waals surface area contributed by atoms with Crippen LogP contribution in [-0.2, 0) is 14.8 Å². The fourth-order valence-corrected chi connectivity index (χ4v) is 4.72. The molecule has 1 N–H and O–H groups in total. The van der Waals surface area contributed by atoms with E-state index in [9.17, 15) is 13.2 Å². The zero-order valence-electron chi connectivity index (χ0n) is 12.7. The van der Waals surface area contributed by atoms with Crippen molar-refractivity contribution in [2.24, 2.45) is 0 Å². The highest BCUT2D eigenvalue weighted by Gasteiger charge is 2.42. The third-order valence-corrected chi connectivity index (χ3v) is 6.40. The summed E-state index contributed by atoms with van der Waals surface area (Å²) in [7, 11) is -3.32. The average Bonchev–Trinajstić information content (AvgIpc) is 3.07. The molecular formula is C14H22N4O3S. The van der Waals surface area contributed by atoms with Crippen LogP contribution >= 0.6 is 0 Å². The van der Waals surface area contributed by atoms with E-state index in [1.165, 1.54) is 0 Å². The maximum atomic E-state index is 12.3. The molecule has 122 valence electrons. The number of hydrogen-bond donors (Lipinski definition) is 1. The first-order valence-electron chi connectivity index (χ1n) is 7.76. The van der Waals surface area contributed by atoms with E-state index < -0.39 is 21.3 Å². The molecular weight excluding hydrogens is 304 g/mol. The summed E-state index contributed by atoms with van der Waals surface area (Å²) in [6, 6.07) is 1.44.